The van der Waals surface area contributed by atoms with E-state index in [2.05, 4.69) is 17.2 Å². The van der Waals surface area contributed by atoms with Crippen LogP contribution in [-0.4, -0.2) is 44.9 Å². The van der Waals surface area contributed by atoms with Crippen LogP contribution in [0.3, 0.4) is 0 Å². The fourth-order valence-corrected chi connectivity index (χ4v) is 2.16. The summed E-state index contributed by atoms with van der Waals surface area (Å²) in [5.74, 6) is 5.57. The maximum atomic E-state index is 12.1. The molecule has 1 aromatic rings. The van der Waals surface area contributed by atoms with E-state index in [0.29, 0.717) is 31.9 Å². The maximum Gasteiger partial charge on any atom is 0.251 e. The number of rotatable bonds is 4. The van der Waals surface area contributed by atoms with E-state index >= 15 is 0 Å². The Kier molecular flexibility index (Phi) is 5.34. The van der Waals surface area contributed by atoms with Crippen molar-refractivity contribution in [2.75, 3.05) is 33.4 Å². The maximum absolute atomic E-state index is 12.1. The Morgan fingerprint density at radius 3 is 2.81 bits per heavy atom. The predicted octanol–water partition coefficient (Wildman–Crippen LogP) is 0.532. The molecule has 0 bridgehead atoms. The summed E-state index contributed by atoms with van der Waals surface area (Å²) in [5, 5.41) is 2.90. The minimum atomic E-state index is -0.401. The highest BCUT2D eigenvalue weighted by atomic mass is 16.5. The highest BCUT2D eigenvalue weighted by Gasteiger charge is 2.35. The van der Waals surface area contributed by atoms with E-state index in [1.165, 1.54) is 0 Å². The summed E-state index contributed by atoms with van der Waals surface area (Å²) in [4.78, 5) is 12.1. The molecule has 0 spiro atoms. The number of nitrogens with two attached hydrogens (primary N) is 1. The van der Waals surface area contributed by atoms with Gasteiger partial charge in [0.25, 0.3) is 5.91 Å². The van der Waals surface area contributed by atoms with Crippen molar-refractivity contribution in [3.05, 3.63) is 35.4 Å². The largest absolute Gasteiger partial charge is 0.378 e. The second-order valence-electron chi connectivity index (χ2n) is 4.96. The third kappa shape index (κ3) is 4.05. The number of hydrogen-bond acceptors (Lipinski definition) is 4. The number of ether oxygens (including phenoxy) is 2. The number of hydrogen-bond donors (Lipinski definition) is 2. The highest BCUT2D eigenvalue weighted by Crippen LogP contribution is 2.21. The van der Waals surface area contributed by atoms with E-state index in [0.717, 1.165) is 12.0 Å². The fourth-order valence-electron chi connectivity index (χ4n) is 2.16. The van der Waals surface area contributed by atoms with Crippen LogP contribution in [0.4, 0.5) is 0 Å². The standard InChI is InChI=1S/C16H20N2O3/c1-20-16(8-10-21-12-16)11-18-15(19)14-6-4-13(5-7-14)3-2-9-17/h4-7H,8-12,17H2,1H3,(H,18,19). The molecule has 0 saturated carbocycles. The molecule has 1 unspecified atom stereocenters. The summed E-state index contributed by atoms with van der Waals surface area (Å²) in [7, 11) is 1.64. The van der Waals surface area contributed by atoms with Crippen LogP contribution in [0.25, 0.3) is 0 Å². The molecule has 0 radical (unpaired) electrons. The van der Waals surface area contributed by atoms with Crippen molar-refractivity contribution >= 4 is 5.91 Å². The topological polar surface area (TPSA) is 73.6 Å². The Labute approximate surface area is 124 Å². The lowest BCUT2D eigenvalue weighted by atomic mass is 10.0. The lowest BCUT2D eigenvalue weighted by molar-refractivity contribution is -0.0148. The van der Waals surface area contributed by atoms with Crippen LogP contribution in [0.5, 0.6) is 0 Å². The van der Waals surface area contributed by atoms with Crippen molar-refractivity contribution in [2.45, 2.75) is 12.0 Å². The molecule has 1 atom stereocenters. The van der Waals surface area contributed by atoms with Gasteiger partial charge in [-0.05, 0) is 24.3 Å². The molecular formula is C16H20N2O3. The van der Waals surface area contributed by atoms with E-state index in [1.807, 2.05) is 12.1 Å². The molecule has 0 aliphatic carbocycles. The van der Waals surface area contributed by atoms with Crippen LogP contribution in [0, 0.1) is 11.8 Å². The van der Waals surface area contributed by atoms with E-state index in [4.69, 9.17) is 15.2 Å². The molecule has 5 nitrogen and oxygen atoms in total. The Bertz CT molecular complexity index is 537. The number of amides is 1. The Morgan fingerprint density at radius 1 is 1.48 bits per heavy atom. The lowest BCUT2D eigenvalue weighted by Crippen LogP contribution is -2.45. The van der Waals surface area contributed by atoms with Crippen LogP contribution in [-0.2, 0) is 9.47 Å². The summed E-state index contributed by atoms with van der Waals surface area (Å²) in [6, 6.07) is 7.12. The van der Waals surface area contributed by atoms with Crippen LogP contribution in [0.15, 0.2) is 24.3 Å². The molecule has 1 saturated heterocycles. The zero-order valence-corrected chi connectivity index (χ0v) is 12.1. The summed E-state index contributed by atoms with van der Waals surface area (Å²) >= 11 is 0. The average molecular weight is 288 g/mol. The summed E-state index contributed by atoms with van der Waals surface area (Å²) in [5.41, 5.74) is 6.36. The summed E-state index contributed by atoms with van der Waals surface area (Å²) in [6.45, 7) is 1.94. The molecule has 2 rings (SSSR count). The van der Waals surface area contributed by atoms with Crippen molar-refractivity contribution in [1.29, 1.82) is 0 Å². The highest BCUT2D eigenvalue weighted by molar-refractivity contribution is 5.94. The van der Waals surface area contributed by atoms with E-state index < -0.39 is 5.60 Å². The normalized spacial score (nSPS) is 20.7. The zero-order valence-electron chi connectivity index (χ0n) is 12.1. The van der Waals surface area contributed by atoms with Gasteiger partial charge < -0.3 is 20.5 Å². The number of methoxy groups -OCH3 is 1. The minimum Gasteiger partial charge on any atom is -0.378 e. The molecule has 21 heavy (non-hydrogen) atoms. The first kappa shape index (κ1) is 15.5. The van der Waals surface area contributed by atoms with Gasteiger partial charge in [-0.1, -0.05) is 11.8 Å². The van der Waals surface area contributed by atoms with Gasteiger partial charge in [0.05, 0.1) is 13.2 Å². The minimum absolute atomic E-state index is 0.128. The van der Waals surface area contributed by atoms with Gasteiger partial charge in [0, 0.05) is 37.8 Å². The van der Waals surface area contributed by atoms with Gasteiger partial charge in [0.15, 0.2) is 0 Å². The van der Waals surface area contributed by atoms with Crippen molar-refractivity contribution in [3.63, 3.8) is 0 Å². The van der Waals surface area contributed by atoms with Gasteiger partial charge in [-0.2, -0.15) is 0 Å². The number of carbonyl (C=O) groups is 1. The summed E-state index contributed by atoms with van der Waals surface area (Å²) < 4.78 is 10.8. The van der Waals surface area contributed by atoms with Crippen molar-refractivity contribution in [1.82, 2.24) is 5.32 Å². The molecule has 1 fully saturated rings. The van der Waals surface area contributed by atoms with Crippen molar-refractivity contribution < 1.29 is 14.3 Å². The molecular weight excluding hydrogens is 268 g/mol. The number of benzene rings is 1. The third-order valence-corrected chi connectivity index (χ3v) is 3.55. The molecule has 1 heterocycles. The Hall–Kier alpha value is -1.87. The van der Waals surface area contributed by atoms with Gasteiger partial charge >= 0.3 is 0 Å². The molecule has 112 valence electrons. The lowest BCUT2D eigenvalue weighted by Gasteiger charge is -2.25. The SMILES string of the molecule is COC1(CNC(=O)c2ccc(C#CCN)cc2)CCOC1. The van der Waals surface area contributed by atoms with Gasteiger partial charge in [-0.15, -0.1) is 0 Å². The first-order valence-corrected chi connectivity index (χ1v) is 6.89. The van der Waals surface area contributed by atoms with Gasteiger partial charge in [-0.25, -0.2) is 0 Å². The van der Waals surface area contributed by atoms with Crippen LogP contribution in [0.2, 0.25) is 0 Å². The molecule has 1 aliphatic heterocycles. The zero-order chi connectivity index (χ0) is 15.1. The van der Waals surface area contributed by atoms with Gasteiger partial charge in [0.2, 0.25) is 0 Å². The van der Waals surface area contributed by atoms with Crippen molar-refractivity contribution in [3.8, 4) is 11.8 Å². The Morgan fingerprint density at radius 2 is 2.24 bits per heavy atom. The third-order valence-electron chi connectivity index (χ3n) is 3.55. The van der Waals surface area contributed by atoms with E-state index in [9.17, 15) is 4.79 Å². The first-order valence-electron chi connectivity index (χ1n) is 6.89. The Balaban J connectivity index is 1.94. The molecule has 1 amide bonds. The molecule has 1 aromatic carbocycles. The second-order valence-corrected chi connectivity index (χ2v) is 4.96. The quantitative estimate of drug-likeness (QED) is 0.793. The van der Waals surface area contributed by atoms with Crippen LogP contribution in [0.1, 0.15) is 22.3 Å². The monoisotopic (exact) mass is 288 g/mol. The number of carbonyl (C=O) groups excluding carboxylic acids is 1. The van der Waals surface area contributed by atoms with E-state index in [1.54, 1.807) is 19.2 Å². The fraction of sp³-hybridized carbons (Fsp3) is 0.438. The van der Waals surface area contributed by atoms with Gasteiger partial charge in [-0.3, -0.25) is 4.79 Å². The summed E-state index contributed by atoms with van der Waals surface area (Å²) in [6.07, 6.45) is 0.789. The molecule has 3 N–H and O–H groups in total. The van der Waals surface area contributed by atoms with Crippen LogP contribution < -0.4 is 11.1 Å². The van der Waals surface area contributed by atoms with Gasteiger partial charge in [0.1, 0.15) is 5.60 Å². The molecule has 0 aromatic heterocycles. The first-order chi connectivity index (χ1) is 10.2. The van der Waals surface area contributed by atoms with E-state index in [-0.39, 0.29) is 5.91 Å². The van der Waals surface area contributed by atoms with Crippen LogP contribution >= 0.6 is 0 Å². The number of nitrogens with one attached hydrogen (secondary N) is 1. The van der Waals surface area contributed by atoms with Crippen molar-refractivity contribution in [2.24, 2.45) is 5.73 Å². The second kappa shape index (κ2) is 7.23. The smallest absolute Gasteiger partial charge is 0.251 e. The molecule has 5 heteroatoms. The predicted molar refractivity (Wildman–Crippen MR) is 79.9 cm³/mol. The molecule has 1 aliphatic rings. The average Bonchev–Trinajstić information content (AvgIpc) is 3.00.